The maximum atomic E-state index is 3.99. The van der Waals surface area contributed by atoms with E-state index >= 15 is 0 Å². The molecule has 4 aromatic carbocycles. The molecule has 0 amide bonds. The van der Waals surface area contributed by atoms with E-state index in [0.29, 0.717) is 5.82 Å². The van der Waals surface area contributed by atoms with E-state index in [4.69, 9.17) is 0 Å². The number of aromatic nitrogens is 5. The molecule has 0 unspecified atom stereocenters. The van der Waals surface area contributed by atoms with Crippen molar-refractivity contribution in [3.8, 4) is 11.4 Å². The third-order valence-electron chi connectivity index (χ3n) is 6.28. The predicted molar refractivity (Wildman–Crippen MR) is 199 cm³/mol. The first-order chi connectivity index (χ1) is 21.5. The first-order valence-corrected chi connectivity index (χ1v) is 15.4. The minimum Gasteiger partial charge on any atom is -0.361 e. The monoisotopic (exact) mass is 621 g/mol. The van der Waals surface area contributed by atoms with Gasteiger partial charge in [0.25, 0.3) is 0 Å². The Hall–Kier alpha value is -4.91. The lowest BCUT2D eigenvalue weighted by atomic mass is 10.1. The summed E-state index contributed by atoms with van der Waals surface area (Å²) in [4.78, 5) is 3.16. The van der Waals surface area contributed by atoms with Gasteiger partial charge in [-0.25, -0.2) is 0 Å². The average Bonchev–Trinajstić information content (AvgIpc) is 3.87. The topological polar surface area (TPSA) is 95.0 Å². The highest BCUT2D eigenvalue weighted by Gasteiger charge is 2.05. The van der Waals surface area contributed by atoms with Crippen molar-refractivity contribution in [2.24, 2.45) is 10.2 Å². The summed E-state index contributed by atoms with van der Waals surface area (Å²) >= 11 is 0. The van der Waals surface area contributed by atoms with Crippen molar-refractivity contribution >= 4 is 16.6 Å². The second kappa shape index (κ2) is 23.5. The van der Waals surface area contributed by atoms with Gasteiger partial charge in [-0.3, -0.25) is 0 Å². The first-order valence-electron chi connectivity index (χ1n) is 15.4. The Kier molecular flexibility index (Phi) is 21.0. The van der Waals surface area contributed by atoms with Crippen molar-refractivity contribution < 1.29 is 0 Å². The largest absolute Gasteiger partial charge is 0.361 e. The fourth-order valence-corrected chi connectivity index (χ4v) is 3.95. The normalized spacial score (nSPS) is 9.74. The molecule has 0 spiro atoms. The molecule has 0 radical (unpaired) electrons. The van der Waals surface area contributed by atoms with Gasteiger partial charge in [-0.1, -0.05) is 134 Å². The zero-order chi connectivity index (χ0) is 32.2. The number of fused-ring (bicyclic) bond motifs is 2. The minimum atomic E-state index is 0. The second-order valence-corrected chi connectivity index (χ2v) is 9.54. The van der Waals surface area contributed by atoms with Crippen LogP contribution in [0.25, 0.3) is 22.3 Å². The number of benzene rings is 4. The van der Waals surface area contributed by atoms with Gasteiger partial charge in [0, 0.05) is 22.8 Å². The predicted octanol–water partition coefficient (Wildman–Crippen LogP) is 11.8. The summed E-state index contributed by atoms with van der Waals surface area (Å²) < 4.78 is 0. The fourth-order valence-electron chi connectivity index (χ4n) is 3.95. The summed E-state index contributed by atoms with van der Waals surface area (Å²) in [7, 11) is 0. The van der Waals surface area contributed by atoms with Crippen molar-refractivity contribution in [3.63, 3.8) is 0 Å². The SMILES string of the molecule is C.C.CC.CC.CCc1ccccc1.Cc1ccc(-c2nn[nH]n2)cc1.Cc1ccc2c(c1)N=NC2.Cc1ccc2cc[nH]c2c1. The van der Waals surface area contributed by atoms with Gasteiger partial charge < -0.3 is 4.98 Å². The molecule has 0 saturated heterocycles. The van der Waals surface area contributed by atoms with E-state index in [-0.39, 0.29) is 14.9 Å². The standard InChI is InChI=1S/C9H9N.C8H8N4.C8H8N2.C8H10.2C2H6.2CH4/c1-7-2-3-8-4-5-10-9(8)6-7;1-6-2-4-7(5-3-6)8-9-11-12-10-8;1-6-2-3-7-5-9-10-8(7)4-6;1-2-8-6-4-3-5-7-8;2*1-2;;/h2-6,10H,1H3;2-5H,1H3,(H,9,10,11,12);2-4H,5H2,1H3;3-7H,2H2,1H3;2*1-2H3;2*1H4. The summed E-state index contributed by atoms with van der Waals surface area (Å²) in [5, 5.41) is 22.8. The number of azo groups is 1. The Morgan fingerprint density at radius 1 is 0.696 bits per heavy atom. The van der Waals surface area contributed by atoms with E-state index in [2.05, 4.69) is 123 Å². The summed E-state index contributed by atoms with van der Waals surface area (Å²) in [5.41, 5.74) is 9.67. The van der Waals surface area contributed by atoms with Gasteiger partial charge in [-0.05, 0) is 72.7 Å². The number of hydrogen-bond acceptors (Lipinski definition) is 5. The van der Waals surface area contributed by atoms with Gasteiger partial charge in [0.15, 0.2) is 0 Å². The van der Waals surface area contributed by atoms with Crippen LogP contribution < -0.4 is 0 Å². The van der Waals surface area contributed by atoms with Gasteiger partial charge in [0.1, 0.15) is 0 Å². The third kappa shape index (κ3) is 13.8. The van der Waals surface area contributed by atoms with E-state index in [1.807, 2.05) is 71.1 Å². The van der Waals surface area contributed by atoms with Gasteiger partial charge in [-0.15, -0.1) is 10.2 Å². The quantitative estimate of drug-likeness (QED) is 0.201. The molecule has 7 heteroatoms. The zero-order valence-corrected chi connectivity index (χ0v) is 27.5. The van der Waals surface area contributed by atoms with Crippen molar-refractivity contribution in [1.29, 1.82) is 0 Å². The summed E-state index contributed by atoms with van der Waals surface area (Å²) in [5.74, 6) is 0.634. The van der Waals surface area contributed by atoms with Gasteiger partial charge in [-0.2, -0.15) is 15.4 Å². The molecule has 246 valence electrons. The molecule has 3 heterocycles. The number of H-pyrrole nitrogens is 2. The molecule has 1 aliphatic rings. The van der Waals surface area contributed by atoms with E-state index < -0.39 is 0 Å². The number of aromatic amines is 2. The Morgan fingerprint density at radius 2 is 1.33 bits per heavy atom. The maximum Gasteiger partial charge on any atom is 0.204 e. The smallest absolute Gasteiger partial charge is 0.204 e. The summed E-state index contributed by atoms with van der Waals surface area (Å²) in [6.07, 6.45) is 3.10. The van der Waals surface area contributed by atoms with Crippen LogP contribution in [0.3, 0.4) is 0 Å². The molecule has 0 fully saturated rings. The molecule has 0 saturated carbocycles. The van der Waals surface area contributed by atoms with Crippen molar-refractivity contribution in [2.75, 3.05) is 0 Å². The number of hydrogen-bond donors (Lipinski definition) is 2. The van der Waals surface area contributed by atoms with Gasteiger partial charge in [0.2, 0.25) is 5.82 Å². The Labute approximate surface area is 277 Å². The van der Waals surface area contributed by atoms with Crippen LogP contribution in [-0.2, 0) is 13.0 Å². The molecule has 0 atom stereocenters. The van der Waals surface area contributed by atoms with Crippen LogP contribution >= 0.6 is 0 Å². The number of nitrogens with zero attached hydrogens (tertiary/aromatic N) is 5. The minimum absolute atomic E-state index is 0. The van der Waals surface area contributed by atoms with Crippen molar-refractivity contribution in [2.45, 2.75) is 83.2 Å². The lowest BCUT2D eigenvalue weighted by Gasteiger charge is -1.94. The molecule has 6 aromatic rings. The molecule has 46 heavy (non-hydrogen) atoms. The number of rotatable bonds is 2. The first kappa shape index (κ1) is 41.1. The molecular formula is C39H55N7. The lowest BCUT2D eigenvalue weighted by molar-refractivity contribution is 0.881. The molecule has 2 N–H and O–H groups in total. The molecular weight excluding hydrogens is 566 g/mol. The lowest BCUT2D eigenvalue weighted by Crippen LogP contribution is -1.80. The second-order valence-electron chi connectivity index (χ2n) is 9.54. The van der Waals surface area contributed by atoms with Crippen LogP contribution in [0.4, 0.5) is 5.69 Å². The Bertz CT molecular complexity index is 1620. The third-order valence-corrected chi connectivity index (χ3v) is 6.28. The zero-order valence-electron chi connectivity index (χ0n) is 27.5. The van der Waals surface area contributed by atoms with E-state index in [1.54, 1.807) is 0 Å². The highest BCUT2D eigenvalue weighted by atomic mass is 15.5. The molecule has 7 rings (SSSR count). The molecule has 1 aliphatic heterocycles. The Balaban J connectivity index is 0.000000562. The Morgan fingerprint density at radius 3 is 1.93 bits per heavy atom. The average molecular weight is 622 g/mol. The fraction of sp³-hybridized carbons (Fsp3) is 0.308. The van der Waals surface area contributed by atoms with E-state index in [1.165, 1.54) is 38.7 Å². The number of tetrazole rings is 1. The van der Waals surface area contributed by atoms with Gasteiger partial charge in [0.05, 0.1) is 12.2 Å². The van der Waals surface area contributed by atoms with Crippen LogP contribution in [0.15, 0.2) is 113 Å². The van der Waals surface area contributed by atoms with E-state index in [0.717, 1.165) is 24.2 Å². The van der Waals surface area contributed by atoms with Crippen LogP contribution in [-0.4, -0.2) is 25.6 Å². The molecule has 0 bridgehead atoms. The molecule has 0 aliphatic carbocycles. The molecule has 2 aromatic heterocycles. The maximum absolute atomic E-state index is 3.99. The summed E-state index contributed by atoms with van der Waals surface area (Å²) in [6, 6.07) is 33.2. The van der Waals surface area contributed by atoms with Crippen molar-refractivity contribution in [1.82, 2.24) is 25.6 Å². The van der Waals surface area contributed by atoms with Crippen LogP contribution in [0.5, 0.6) is 0 Å². The van der Waals surface area contributed by atoms with Crippen molar-refractivity contribution in [3.05, 3.63) is 131 Å². The van der Waals surface area contributed by atoms with Crippen LogP contribution in [0.2, 0.25) is 0 Å². The molecule has 7 nitrogen and oxygen atoms in total. The van der Waals surface area contributed by atoms with Crippen LogP contribution in [0.1, 0.15) is 77.3 Å². The van der Waals surface area contributed by atoms with E-state index in [9.17, 15) is 0 Å². The summed E-state index contributed by atoms with van der Waals surface area (Å²) in [6.45, 7) is 17.1. The van der Waals surface area contributed by atoms with Crippen LogP contribution in [0, 0.1) is 20.8 Å². The number of nitrogens with one attached hydrogen (secondary N) is 2. The highest BCUT2D eigenvalue weighted by molar-refractivity contribution is 5.79. The highest BCUT2D eigenvalue weighted by Crippen LogP contribution is 2.27. The number of aryl methyl sites for hydroxylation is 4. The van der Waals surface area contributed by atoms with Gasteiger partial charge >= 0.3 is 0 Å².